The minimum Gasteiger partial charge on any atom is -0.387 e. The second-order valence-corrected chi connectivity index (χ2v) is 3.95. The molecule has 0 atom stereocenters. The van der Waals surface area contributed by atoms with E-state index < -0.39 is 0 Å². The van der Waals surface area contributed by atoms with Gasteiger partial charge in [-0.25, -0.2) is 9.38 Å². The van der Waals surface area contributed by atoms with E-state index in [0.29, 0.717) is 5.84 Å². The smallest absolute Gasteiger partial charge is 0.124 e. The Morgan fingerprint density at radius 3 is 3.15 bits per heavy atom. The zero-order valence-electron chi connectivity index (χ0n) is 6.96. The maximum absolute atomic E-state index is 12.8. The average Bonchev–Trinajstić information content (AvgIpc) is 2.25. The van der Waals surface area contributed by atoms with Gasteiger partial charge in [-0.3, -0.25) is 0 Å². The standard InChI is InChI=1S/C9H9FN2S/c10-6-1-2-7-8(5-6)13-4-3-9(11)12-7/h1-2,5H,3-4H2,(H2,11,12). The van der Waals surface area contributed by atoms with Crippen LogP contribution in [0.4, 0.5) is 10.1 Å². The highest BCUT2D eigenvalue weighted by atomic mass is 32.2. The van der Waals surface area contributed by atoms with Gasteiger partial charge in [0.1, 0.15) is 11.7 Å². The van der Waals surface area contributed by atoms with Crippen molar-refractivity contribution in [2.75, 3.05) is 5.75 Å². The summed E-state index contributed by atoms with van der Waals surface area (Å²) in [7, 11) is 0. The van der Waals surface area contributed by atoms with Crippen LogP contribution in [0.15, 0.2) is 28.1 Å². The minimum atomic E-state index is -0.220. The summed E-state index contributed by atoms with van der Waals surface area (Å²) in [6, 6.07) is 4.57. The molecular formula is C9H9FN2S. The summed E-state index contributed by atoms with van der Waals surface area (Å²) in [4.78, 5) is 5.06. The van der Waals surface area contributed by atoms with Crippen LogP contribution in [0, 0.1) is 5.82 Å². The van der Waals surface area contributed by atoms with Gasteiger partial charge in [0.25, 0.3) is 0 Å². The topological polar surface area (TPSA) is 38.4 Å². The molecule has 13 heavy (non-hydrogen) atoms. The normalized spacial score (nSPS) is 15.9. The molecule has 0 saturated carbocycles. The Labute approximate surface area is 80.0 Å². The lowest BCUT2D eigenvalue weighted by atomic mass is 10.3. The zero-order valence-corrected chi connectivity index (χ0v) is 7.77. The summed E-state index contributed by atoms with van der Waals surface area (Å²) in [6.45, 7) is 0. The van der Waals surface area contributed by atoms with Crippen molar-refractivity contribution in [1.29, 1.82) is 0 Å². The summed E-state index contributed by atoms with van der Waals surface area (Å²) in [5.74, 6) is 1.27. The van der Waals surface area contributed by atoms with E-state index in [1.165, 1.54) is 12.1 Å². The fourth-order valence-electron chi connectivity index (χ4n) is 1.17. The lowest BCUT2D eigenvalue weighted by molar-refractivity contribution is 0.624. The largest absolute Gasteiger partial charge is 0.387 e. The molecule has 0 unspecified atom stereocenters. The molecule has 0 amide bonds. The van der Waals surface area contributed by atoms with E-state index in [1.54, 1.807) is 17.8 Å². The van der Waals surface area contributed by atoms with Crippen LogP contribution in [0.3, 0.4) is 0 Å². The lowest BCUT2D eigenvalue weighted by Gasteiger charge is -2.00. The van der Waals surface area contributed by atoms with Gasteiger partial charge in [0.2, 0.25) is 0 Å². The summed E-state index contributed by atoms with van der Waals surface area (Å²) in [5.41, 5.74) is 6.41. The average molecular weight is 196 g/mol. The van der Waals surface area contributed by atoms with Gasteiger partial charge < -0.3 is 5.73 Å². The second-order valence-electron chi connectivity index (χ2n) is 2.81. The van der Waals surface area contributed by atoms with Gasteiger partial charge in [-0.15, -0.1) is 11.8 Å². The first kappa shape index (κ1) is 8.56. The van der Waals surface area contributed by atoms with E-state index in [9.17, 15) is 4.39 Å². The molecule has 1 aliphatic rings. The molecule has 0 radical (unpaired) electrons. The van der Waals surface area contributed by atoms with Crippen molar-refractivity contribution in [1.82, 2.24) is 0 Å². The first-order valence-corrected chi connectivity index (χ1v) is 4.99. The fourth-order valence-corrected chi connectivity index (χ4v) is 2.16. The molecule has 4 heteroatoms. The number of hydrogen-bond acceptors (Lipinski definition) is 3. The van der Waals surface area contributed by atoms with E-state index in [1.807, 2.05) is 0 Å². The number of nitrogens with zero attached hydrogens (tertiary/aromatic N) is 1. The van der Waals surface area contributed by atoms with Crippen molar-refractivity contribution in [2.45, 2.75) is 11.3 Å². The van der Waals surface area contributed by atoms with Gasteiger partial charge in [-0.05, 0) is 18.2 Å². The van der Waals surface area contributed by atoms with Crippen LogP contribution in [-0.4, -0.2) is 11.6 Å². The molecule has 1 aliphatic heterocycles. The number of nitrogens with two attached hydrogens (primary N) is 1. The molecular weight excluding hydrogens is 187 g/mol. The quantitative estimate of drug-likeness (QED) is 0.691. The first-order valence-electron chi connectivity index (χ1n) is 4.01. The number of benzene rings is 1. The van der Waals surface area contributed by atoms with Crippen LogP contribution < -0.4 is 5.73 Å². The Balaban J connectivity index is 2.48. The van der Waals surface area contributed by atoms with E-state index in [4.69, 9.17) is 5.73 Å². The molecule has 2 N–H and O–H groups in total. The predicted molar refractivity (Wildman–Crippen MR) is 53.0 cm³/mol. The van der Waals surface area contributed by atoms with Gasteiger partial charge in [0, 0.05) is 17.1 Å². The van der Waals surface area contributed by atoms with Gasteiger partial charge >= 0.3 is 0 Å². The number of halogens is 1. The van der Waals surface area contributed by atoms with Crippen molar-refractivity contribution < 1.29 is 4.39 Å². The van der Waals surface area contributed by atoms with Crippen molar-refractivity contribution in [3.63, 3.8) is 0 Å². The highest BCUT2D eigenvalue weighted by Gasteiger charge is 2.09. The Morgan fingerprint density at radius 2 is 2.31 bits per heavy atom. The lowest BCUT2D eigenvalue weighted by Crippen LogP contribution is -2.10. The monoisotopic (exact) mass is 196 g/mol. The van der Waals surface area contributed by atoms with Crippen LogP contribution in [0.5, 0.6) is 0 Å². The van der Waals surface area contributed by atoms with E-state index in [0.717, 1.165) is 22.8 Å². The Hall–Kier alpha value is -1.03. The summed E-state index contributed by atoms with van der Waals surface area (Å²) in [6.07, 6.45) is 0.765. The first-order chi connectivity index (χ1) is 6.25. The van der Waals surface area contributed by atoms with Gasteiger partial charge in [-0.1, -0.05) is 0 Å². The van der Waals surface area contributed by atoms with E-state index in [2.05, 4.69) is 4.99 Å². The van der Waals surface area contributed by atoms with Gasteiger partial charge in [-0.2, -0.15) is 0 Å². The Morgan fingerprint density at radius 1 is 1.46 bits per heavy atom. The summed E-state index contributed by atoms with van der Waals surface area (Å²) >= 11 is 1.59. The number of fused-ring (bicyclic) bond motifs is 1. The van der Waals surface area contributed by atoms with Crippen molar-refractivity contribution in [2.24, 2.45) is 10.7 Å². The Kier molecular flexibility index (Phi) is 2.22. The van der Waals surface area contributed by atoms with Crippen LogP contribution in [0.25, 0.3) is 0 Å². The van der Waals surface area contributed by atoms with Crippen molar-refractivity contribution in [3.05, 3.63) is 24.0 Å². The molecule has 0 aliphatic carbocycles. The van der Waals surface area contributed by atoms with E-state index in [-0.39, 0.29) is 5.82 Å². The second kappa shape index (κ2) is 3.38. The van der Waals surface area contributed by atoms with Crippen LogP contribution in [0.2, 0.25) is 0 Å². The Bertz CT molecular complexity index is 363. The number of amidine groups is 1. The number of thioether (sulfide) groups is 1. The number of rotatable bonds is 0. The minimum absolute atomic E-state index is 0.220. The maximum Gasteiger partial charge on any atom is 0.124 e. The van der Waals surface area contributed by atoms with Crippen molar-refractivity contribution >= 4 is 23.3 Å². The van der Waals surface area contributed by atoms with Gasteiger partial charge in [0.15, 0.2) is 0 Å². The SMILES string of the molecule is NC1=Nc2ccc(F)cc2SCC1. The van der Waals surface area contributed by atoms with Gasteiger partial charge in [0.05, 0.1) is 5.69 Å². The van der Waals surface area contributed by atoms with E-state index >= 15 is 0 Å². The summed E-state index contributed by atoms with van der Waals surface area (Å²) in [5, 5.41) is 0. The zero-order chi connectivity index (χ0) is 9.26. The molecule has 2 nitrogen and oxygen atoms in total. The third kappa shape index (κ3) is 1.83. The fraction of sp³-hybridized carbons (Fsp3) is 0.222. The highest BCUT2D eigenvalue weighted by molar-refractivity contribution is 7.99. The molecule has 68 valence electrons. The number of hydrogen-bond donors (Lipinski definition) is 1. The molecule has 1 aromatic rings. The maximum atomic E-state index is 12.8. The molecule has 0 aromatic heterocycles. The molecule has 2 rings (SSSR count). The summed E-state index contributed by atoms with van der Waals surface area (Å²) < 4.78 is 12.8. The van der Waals surface area contributed by atoms with Crippen LogP contribution >= 0.6 is 11.8 Å². The number of aliphatic imine (C=N–C) groups is 1. The molecule has 1 heterocycles. The predicted octanol–water partition coefficient (Wildman–Crippen LogP) is 2.31. The highest BCUT2D eigenvalue weighted by Crippen LogP contribution is 2.32. The molecule has 0 saturated heterocycles. The molecule has 1 aromatic carbocycles. The third-order valence-electron chi connectivity index (χ3n) is 1.80. The van der Waals surface area contributed by atoms with Crippen molar-refractivity contribution in [3.8, 4) is 0 Å². The van der Waals surface area contributed by atoms with Crippen LogP contribution in [-0.2, 0) is 0 Å². The molecule has 0 bridgehead atoms. The third-order valence-corrected chi connectivity index (χ3v) is 2.85. The molecule has 0 spiro atoms. The molecule has 0 fully saturated rings. The van der Waals surface area contributed by atoms with Crippen LogP contribution in [0.1, 0.15) is 6.42 Å².